The summed E-state index contributed by atoms with van der Waals surface area (Å²) in [6.45, 7) is 4.04. The van der Waals surface area contributed by atoms with Crippen molar-refractivity contribution in [2.24, 2.45) is 0 Å². The van der Waals surface area contributed by atoms with Crippen LogP contribution >= 0.6 is 12.2 Å². The number of unbranched alkanes of at least 4 members (excludes halogenated alkanes) is 1. The van der Waals surface area contributed by atoms with Crippen LogP contribution in [-0.2, 0) is 6.42 Å². The van der Waals surface area contributed by atoms with Crippen molar-refractivity contribution in [3.8, 4) is 0 Å². The molecule has 0 saturated heterocycles. The number of hydrogen-bond donors (Lipinski definition) is 2. The molecule has 106 valence electrons. The molecule has 0 aliphatic carbocycles. The second-order valence-electron chi connectivity index (χ2n) is 4.70. The molecule has 0 radical (unpaired) electrons. The van der Waals surface area contributed by atoms with Gasteiger partial charge >= 0.3 is 0 Å². The van der Waals surface area contributed by atoms with Gasteiger partial charge in [-0.2, -0.15) is 0 Å². The predicted molar refractivity (Wildman–Crippen MR) is 86.1 cm³/mol. The molecule has 2 rings (SSSR count). The quantitative estimate of drug-likeness (QED) is 0.810. The van der Waals surface area contributed by atoms with Gasteiger partial charge in [0.05, 0.1) is 0 Å². The lowest BCUT2D eigenvalue weighted by atomic mass is 10.1. The average Bonchev–Trinajstić information content (AvgIpc) is 2.83. The third kappa shape index (κ3) is 4.35. The zero-order valence-corrected chi connectivity index (χ0v) is 12.6. The maximum atomic E-state index is 5.23. The Balaban J connectivity index is 1.87. The summed E-state index contributed by atoms with van der Waals surface area (Å²) in [6, 6.07) is 10.1. The molecule has 0 unspecified atom stereocenters. The van der Waals surface area contributed by atoms with E-state index < -0.39 is 0 Å². The summed E-state index contributed by atoms with van der Waals surface area (Å²) < 4.78 is 4.97. The predicted octanol–water partition coefficient (Wildman–Crippen LogP) is 4.13. The molecule has 0 aliphatic rings. The number of aromatic nitrogens is 1. The lowest BCUT2D eigenvalue weighted by Gasteiger charge is -2.09. The third-order valence-electron chi connectivity index (χ3n) is 2.90. The van der Waals surface area contributed by atoms with Gasteiger partial charge in [-0.15, -0.1) is 0 Å². The van der Waals surface area contributed by atoms with Gasteiger partial charge in [-0.25, -0.2) is 0 Å². The summed E-state index contributed by atoms with van der Waals surface area (Å²) in [6.07, 6.45) is 3.56. The van der Waals surface area contributed by atoms with E-state index in [1.807, 2.05) is 19.1 Å². The fourth-order valence-corrected chi connectivity index (χ4v) is 2.06. The van der Waals surface area contributed by atoms with Crippen molar-refractivity contribution in [2.75, 3.05) is 10.6 Å². The first-order valence-electron chi connectivity index (χ1n) is 6.77. The van der Waals surface area contributed by atoms with Gasteiger partial charge in [-0.3, -0.25) is 0 Å². The van der Waals surface area contributed by atoms with Crippen LogP contribution in [-0.4, -0.2) is 10.3 Å². The fraction of sp³-hybridized carbons (Fsp3) is 0.333. The molecule has 5 heteroatoms. The lowest BCUT2D eigenvalue weighted by Crippen LogP contribution is -2.19. The van der Waals surface area contributed by atoms with E-state index in [1.165, 1.54) is 18.4 Å². The van der Waals surface area contributed by atoms with Gasteiger partial charge in [-0.05, 0) is 49.7 Å². The number of hydrogen-bond acceptors (Lipinski definition) is 3. The van der Waals surface area contributed by atoms with E-state index >= 15 is 0 Å². The number of anilines is 2. The molecule has 2 N–H and O–H groups in total. The van der Waals surface area contributed by atoms with Crippen LogP contribution in [0, 0.1) is 6.92 Å². The van der Waals surface area contributed by atoms with Crippen molar-refractivity contribution in [3.63, 3.8) is 0 Å². The zero-order chi connectivity index (χ0) is 14.4. The lowest BCUT2D eigenvalue weighted by molar-refractivity contribution is 0.400. The molecule has 4 nitrogen and oxygen atoms in total. The summed E-state index contributed by atoms with van der Waals surface area (Å²) in [5.41, 5.74) is 2.31. The van der Waals surface area contributed by atoms with E-state index in [2.05, 4.69) is 34.8 Å². The van der Waals surface area contributed by atoms with E-state index in [0.29, 0.717) is 10.9 Å². The average molecular weight is 289 g/mol. The highest BCUT2D eigenvalue weighted by molar-refractivity contribution is 7.80. The maximum absolute atomic E-state index is 5.23. The Hall–Kier alpha value is -1.88. The second kappa shape index (κ2) is 7.05. The monoisotopic (exact) mass is 289 g/mol. The molecule has 0 fully saturated rings. The molecule has 0 amide bonds. The molecule has 0 aliphatic heterocycles. The minimum absolute atomic E-state index is 0.500. The topological polar surface area (TPSA) is 50.1 Å². The summed E-state index contributed by atoms with van der Waals surface area (Å²) in [7, 11) is 0. The Morgan fingerprint density at radius 2 is 2.00 bits per heavy atom. The maximum Gasteiger partial charge on any atom is 0.176 e. The molecular weight excluding hydrogens is 270 g/mol. The fourth-order valence-electron chi connectivity index (χ4n) is 1.84. The molecule has 1 heterocycles. The van der Waals surface area contributed by atoms with Crippen LogP contribution in [0.2, 0.25) is 0 Å². The van der Waals surface area contributed by atoms with Gasteiger partial charge in [0.25, 0.3) is 0 Å². The standard InChI is InChI=1S/C15H19N3OS/c1-3-4-5-12-6-8-13(9-7-12)16-15(20)17-14-10-11(2)19-18-14/h6-10H,3-5H2,1-2H3,(H2,16,17,18,20). The molecule has 0 spiro atoms. The summed E-state index contributed by atoms with van der Waals surface area (Å²) in [4.78, 5) is 0. The van der Waals surface area contributed by atoms with Gasteiger partial charge in [0.15, 0.2) is 10.9 Å². The molecule has 0 bridgehead atoms. The Morgan fingerprint density at radius 1 is 1.25 bits per heavy atom. The number of thiocarbonyl (C=S) groups is 1. The van der Waals surface area contributed by atoms with Crippen molar-refractivity contribution in [2.45, 2.75) is 33.1 Å². The van der Waals surface area contributed by atoms with Crippen LogP contribution in [0.25, 0.3) is 0 Å². The van der Waals surface area contributed by atoms with E-state index in [0.717, 1.165) is 17.9 Å². The molecule has 0 atom stereocenters. The largest absolute Gasteiger partial charge is 0.360 e. The van der Waals surface area contributed by atoms with E-state index in [9.17, 15) is 0 Å². The van der Waals surface area contributed by atoms with Crippen molar-refractivity contribution in [1.29, 1.82) is 0 Å². The Bertz CT molecular complexity index is 563. The minimum Gasteiger partial charge on any atom is -0.360 e. The third-order valence-corrected chi connectivity index (χ3v) is 3.10. The van der Waals surface area contributed by atoms with Crippen molar-refractivity contribution in [3.05, 3.63) is 41.7 Å². The summed E-state index contributed by atoms with van der Waals surface area (Å²) >= 11 is 5.23. The highest BCUT2D eigenvalue weighted by Crippen LogP contribution is 2.13. The number of benzene rings is 1. The second-order valence-corrected chi connectivity index (χ2v) is 5.11. The molecule has 1 aromatic carbocycles. The van der Waals surface area contributed by atoms with Crippen molar-refractivity contribution < 1.29 is 4.52 Å². The number of aryl methyl sites for hydroxylation is 2. The smallest absolute Gasteiger partial charge is 0.176 e. The van der Waals surface area contributed by atoms with Crippen LogP contribution in [0.4, 0.5) is 11.5 Å². The van der Waals surface area contributed by atoms with Crippen LogP contribution in [0.1, 0.15) is 31.1 Å². The Labute approximate surface area is 124 Å². The molecule has 20 heavy (non-hydrogen) atoms. The van der Waals surface area contributed by atoms with E-state index in [1.54, 1.807) is 6.07 Å². The first-order chi connectivity index (χ1) is 9.67. The zero-order valence-electron chi connectivity index (χ0n) is 11.8. The van der Waals surface area contributed by atoms with Gasteiger partial charge in [0, 0.05) is 11.8 Å². The number of rotatable bonds is 5. The molecule has 1 aromatic heterocycles. The highest BCUT2D eigenvalue weighted by Gasteiger charge is 2.03. The first kappa shape index (κ1) is 14.5. The number of nitrogens with one attached hydrogen (secondary N) is 2. The Kier molecular flexibility index (Phi) is 5.12. The summed E-state index contributed by atoms with van der Waals surface area (Å²) in [5.74, 6) is 1.36. The van der Waals surface area contributed by atoms with Crippen LogP contribution < -0.4 is 10.6 Å². The van der Waals surface area contributed by atoms with E-state index in [-0.39, 0.29) is 0 Å². The van der Waals surface area contributed by atoms with Gasteiger partial charge in [0.2, 0.25) is 0 Å². The van der Waals surface area contributed by atoms with Gasteiger partial charge < -0.3 is 15.2 Å². The molecular formula is C15H19N3OS. The van der Waals surface area contributed by atoms with Gasteiger partial charge in [0.1, 0.15) is 5.76 Å². The molecule has 2 aromatic rings. The van der Waals surface area contributed by atoms with Crippen LogP contribution in [0.5, 0.6) is 0 Å². The Morgan fingerprint density at radius 3 is 2.60 bits per heavy atom. The molecule has 0 saturated carbocycles. The van der Waals surface area contributed by atoms with E-state index in [4.69, 9.17) is 16.7 Å². The van der Waals surface area contributed by atoms with Crippen molar-refractivity contribution >= 4 is 28.8 Å². The van der Waals surface area contributed by atoms with Gasteiger partial charge in [-0.1, -0.05) is 30.6 Å². The number of nitrogens with zero attached hydrogens (tertiary/aromatic N) is 1. The highest BCUT2D eigenvalue weighted by atomic mass is 32.1. The van der Waals surface area contributed by atoms with Crippen molar-refractivity contribution in [1.82, 2.24) is 5.16 Å². The normalized spacial score (nSPS) is 10.3. The first-order valence-corrected chi connectivity index (χ1v) is 7.18. The SMILES string of the molecule is CCCCc1ccc(NC(=S)Nc2cc(C)on2)cc1. The van der Waals surface area contributed by atoms with Crippen LogP contribution in [0.3, 0.4) is 0 Å². The van der Waals surface area contributed by atoms with Crippen LogP contribution in [0.15, 0.2) is 34.9 Å². The summed E-state index contributed by atoms with van der Waals surface area (Å²) in [5, 5.41) is 10.4. The minimum atomic E-state index is 0.500.